The quantitative estimate of drug-likeness (QED) is 0.854. The molecule has 0 amide bonds. The Morgan fingerprint density at radius 1 is 1.33 bits per heavy atom. The maximum atomic E-state index is 3.60. The number of rotatable bonds is 2. The van der Waals surface area contributed by atoms with Crippen molar-refractivity contribution in [2.24, 2.45) is 5.92 Å². The van der Waals surface area contributed by atoms with Crippen molar-refractivity contribution >= 4 is 10.9 Å². The molecule has 0 bridgehead atoms. The summed E-state index contributed by atoms with van der Waals surface area (Å²) in [4.78, 5) is 6.19. The normalized spacial score (nSPS) is 16.4. The van der Waals surface area contributed by atoms with E-state index in [0.29, 0.717) is 0 Å². The van der Waals surface area contributed by atoms with Crippen LogP contribution < -0.4 is 0 Å². The molecular weight excluding hydrogens is 220 g/mol. The Morgan fingerprint density at radius 3 is 2.94 bits per heavy atom. The number of hydrogen-bond donors (Lipinski definition) is 1. The zero-order valence-corrected chi connectivity index (χ0v) is 11.6. The highest BCUT2D eigenvalue weighted by Gasteiger charge is 2.20. The zero-order chi connectivity index (χ0) is 12.7. The molecule has 0 saturated heterocycles. The molecule has 1 aliphatic heterocycles. The van der Waals surface area contributed by atoms with Crippen LogP contribution in [-0.4, -0.2) is 23.0 Å². The second-order valence-electron chi connectivity index (χ2n) is 6.01. The Kier molecular flexibility index (Phi) is 2.90. The summed E-state index contributed by atoms with van der Waals surface area (Å²) in [6, 6.07) is 6.76. The average molecular weight is 242 g/mol. The third-order valence-corrected chi connectivity index (χ3v) is 3.83. The first-order valence-electron chi connectivity index (χ1n) is 6.96. The number of H-pyrrole nitrogens is 1. The molecule has 2 heteroatoms. The molecule has 0 unspecified atom stereocenters. The van der Waals surface area contributed by atoms with Crippen LogP contribution in [0.1, 0.15) is 30.7 Å². The van der Waals surface area contributed by atoms with Gasteiger partial charge in [0.25, 0.3) is 0 Å². The molecule has 1 N–H and O–H groups in total. The molecule has 2 aromatic rings. The summed E-state index contributed by atoms with van der Waals surface area (Å²) in [6.45, 7) is 10.3. The van der Waals surface area contributed by atoms with Crippen molar-refractivity contribution in [1.82, 2.24) is 9.88 Å². The van der Waals surface area contributed by atoms with E-state index in [-0.39, 0.29) is 0 Å². The van der Waals surface area contributed by atoms with E-state index in [1.165, 1.54) is 40.8 Å². The van der Waals surface area contributed by atoms with Gasteiger partial charge in [-0.15, -0.1) is 0 Å². The summed E-state index contributed by atoms with van der Waals surface area (Å²) in [7, 11) is 0. The van der Waals surface area contributed by atoms with Gasteiger partial charge in [0.05, 0.1) is 0 Å². The van der Waals surface area contributed by atoms with Gasteiger partial charge in [-0.05, 0) is 30.0 Å². The molecular formula is C16H22N2. The number of nitrogens with zero attached hydrogens (tertiary/aromatic N) is 1. The van der Waals surface area contributed by atoms with Crippen LogP contribution in [0.25, 0.3) is 10.9 Å². The Morgan fingerprint density at radius 2 is 2.17 bits per heavy atom. The summed E-state index contributed by atoms with van der Waals surface area (Å²) >= 11 is 0. The van der Waals surface area contributed by atoms with E-state index in [1.54, 1.807) is 0 Å². The summed E-state index contributed by atoms with van der Waals surface area (Å²) in [6.07, 6.45) is 1.16. The van der Waals surface area contributed by atoms with E-state index in [4.69, 9.17) is 0 Å². The fourth-order valence-corrected chi connectivity index (χ4v) is 3.06. The minimum Gasteiger partial charge on any atom is -0.358 e. The lowest BCUT2D eigenvalue weighted by molar-refractivity contribution is 0.226. The van der Waals surface area contributed by atoms with Crippen molar-refractivity contribution in [3.8, 4) is 0 Å². The van der Waals surface area contributed by atoms with Gasteiger partial charge < -0.3 is 4.98 Å². The topological polar surface area (TPSA) is 19.0 Å². The van der Waals surface area contributed by atoms with E-state index in [9.17, 15) is 0 Å². The molecule has 96 valence electrons. The Labute approximate surface area is 109 Å². The molecule has 2 heterocycles. The molecule has 0 atom stereocenters. The van der Waals surface area contributed by atoms with Gasteiger partial charge in [0.15, 0.2) is 0 Å². The van der Waals surface area contributed by atoms with Gasteiger partial charge in [-0.3, -0.25) is 4.90 Å². The summed E-state index contributed by atoms with van der Waals surface area (Å²) in [5.74, 6) is 0.749. The molecule has 18 heavy (non-hydrogen) atoms. The largest absolute Gasteiger partial charge is 0.358 e. The monoisotopic (exact) mass is 242 g/mol. The molecule has 0 radical (unpaired) electrons. The van der Waals surface area contributed by atoms with Gasteiger partial charge in [0, 0.05) is 42.7 Å². The zero-order valence-electron chi connectivity index (χ0n) is 11.6. The highest BCUT2D eigenvalue weighted by Crippen LogP contribution is 2.28. The van der Waals surface area contributed by atoms with E-state index >= 15 is 0 Å². The standard InChI is InChI=1S/C16H22N2/c1-11(2)9-18-7-6-15-14(10-18)13-5-4-12(3)8-16(13)17-15/h4-5,8,11,17H,6-7,9-10H2,1-3H3. The minimum absolute atomic E-state index is 0.749. The maximum absolute atomic E-state index is 3.60. The van der Waals surface area contributed by atoms with Crippen LogP contribution >= 0.6 is 0 Å². The molecule has 1 aliphatic rings. The Bertz CT molecular complexity index is 566. The molecule has 3 rings (SSSR count). The first-order chi connectivity index (χ1) is 8.63. The van der Waals surface area contributed by atoms with Crippen LogP contribution in [0.4, 0.5) is 0 Å². The van der Waals surface area contributed by atoms with Gasteiger partial charge in [-0.2, -0.15) is 0 Å². The van der Waals surface area contributed by atoms with Crippen LogP contribution in [-0.2, 0) is 13.0 Å². The lowest BCUT2D eigenvalue weighted by Gasteiger charge is -2.28. The fourth-order valence-electron chi connectivity index (χ4n) is 3.06. The number of aryl methyl sites for hydroxylation is 1. The van der Waals surface area contributed by atoms with E-state index < -0.39 is 0 Å². The van der Waals surface area contributed by atoms with Crippen LogP contribution in [0.2, 0.25) is 0 Å². The van der Waals surface area contributed by atoms with Crippen molar-refractivity contribution < 1.29 is 0 Å². The summed E-state index contributed by atoms with van der Waals surface area (Å²) in [5.41, 5.74) is 5.62. The average Bonchev–Trinajstić information content (AvgIpc) is 2.65. The lowest BCUT2D eigenvalue weighted by Crippen LogP contribution is -2.33. The van der Waals surface area contributed by atoms with Crippen LogP contribution in [0.15, 0.2) is 18.2 Å². The van der Waals surface area contributed by atoms with Crippen molar-refractivity contribution in [2.45, 2.75) is 33.7 Å². The smallest absolute Gasteiger partial charge is 0.0462 e. The summed E-state index contributed by atoms with van der Waals surface area (Å²) in [5, 5.41) is 1.42. The minimum atomic E-state index is 0.749. The van der Waals surface area contributed by atoms with Gasteiger partial charge in [-0.1, -0.05) is 26.0 Å². The SMILES string of the molecule is Cc1ccc2c3c([nH]c2c1)CCN(CC(C)C)C3. The highest BCUT2D eigenvalue weighted by atomic mass is 15.1. The summed E-state index contributed by atoms with van der Waals surface area (Å²) < 4.78 is 0. The van der Waals surface area contributed by atoms with Crippen molar-refractivity contribution in [3.63, 3.8) is 0 Å². The third-order valence-electron chi connectivity index (χ3n) is 3.83. The molecule has 0 aliphatic carbocycles. The van der Waals surface area contributed by atoms with Crippen LogP contribution in [0.3, 0.4) is 0 Å². The maximum Gasteiger partial charge on any atom is 0.0462 e. The lowest BCUT2D eigenvalue weighted by atomic mass is 10.0. The van der Waals surface area contributed by atoms with Crippen molar-refractivity contribution in [2.75, 3.05) is 13.1 Å². The first kappa shape index (κ1) is 11.8. The fraction of sp³-hybridized carbons (Fsp3) is 0.500. The molecule has 1 aromatic carbocycles. The molecule has 2 nitrogen and oxygen atoms in total. The Balaban J connectivity index is 1.96. The number of aromatic amines is 1. The number of nitrogens with one attached hydrogen (secondary N) is 1. The predicted molar refractivity (Wildman–Crippen MR) is 76.9 cm³/mol. The van der Waals surface area contributed by atoms with Crippen LogP contribution in [0, 0.1) is 12.8 Å². The van der Waals surface area contributed by atoms with Crippen molar-refractivity contribution in [3.05, 3.63) is 35.0 Å². The predicted octanol–water partition coefficient (Wildman–Crippen LogP) is 3.49. The first-order valence-corrected chi connectivity index (χ1v) is 6.96. The van der Waals surface area contributed by atoms with Crippen molar-refractivity contribution in [1.29, 1.82) is 0 Å². The molecule has 0 spiro atoms. The van der Waals surface area contributed by atoms with Gasteiger partial charge in [0.2, 0.25) is 0 Å². The number of benzene rings is 1. The van der Waals surface area contributed by atoms with E-state index in [1.807, 2.05) is 0 Å². The number of hydrogen-bond acceptors (Lipinski definition) is 1. The number of fused-ring (bicyclic) bond motifs is 3. The highest BCUT2D eigenvalue weighted by molar-refractivity contribution is 5.85. The molecule has 1 aromatic heterocycles. The van der Waals surface area contributed by atoms with E-state index in [0.717, 1.165) is 18.9 Å². The van der Waals surface area contributed by atoms with E-state index in [2.05, 4.69) is 48.9 Å². The number of aromatic nitrogens is 1. The van der Waals surface area contributed by atoms with Gasteiger partial charge in [0.1, 0.15) is 0 Å². The molecule has 0 saturated carbocycles. The van der Waals surface area contributed by atoms with Crippen LogP contribution in [0.5, 0.6) is 0 Å². The van der Waals surface area contributed by atoms with Gasteiger partial charge in [-0.25, -0.2) is 0 Å². The third kappa shape index (κ3) is 2.05. The Hall–Kier alpha value is -1.28. The second-order valence-corrected chi connectivity index (χ2v) is 6.01. The second kappa shape index (κ2) is 4.43. The molecule has 0 fully saturated rings. The van der Waals surface area contributed by atoms with Gasteiger partial charge >= 0.3 is 0 Å².